The van der Waals surface area contributed by atoms with E-state index in [1.165, 1.54) is 7.11 Å². The van der Waals surface area contributed by atoms with Crippen LogP contribution in [0.4, 0.5) is 16.4 Å². The van der Waals surface area contributed by atoms with Crippen LogP contribution in [0, 0.1) is 0 Å². The molecule has 1 aliphatic carbocycles. The van der Waals surface area contributed by atoms with Crippen LogP contribution in [0.25, 0.3) is 0 Å². The Morgan fingerprint density at radius 3 is 2.39 bits per heavy atom. The number of nitrogens with zero attached hydrogens (tertiary/aromatic N) is 1. The van der Waals surface area contributed by atoms with Gasteiger partial charge in [-0.15, -0.1) is 0 Å². The van der Waals surface area contributed by atoms with Crippen molar-refractivity contribution in [3.05, 3.63) is 53.6 Å². The second kappa shape index (κ2) is 11.0. The summed E-state index contributed by atoms with van der Waals surface area (Å²) in [6.45, 7) is 6.06. The van der Waals surface area contributed by atoms with Gasteiger partial charge in [0.1, 0.15) is 22.8 Å². The molecule has 8 nitrogen and oxygen atoms in total. The number of pyridine rings is 1. The lowest BCUT2D eigenvalue weighted by Gasteiger charge is -2.33. The highest BCUT2D eigenvalue weighted by atomic mass is 16.6. The fourth-order valence-corrected chi connectivity index (χ4v) is 3.86. The maximum Gasteiger partial charge on any atom is 0.407 e. The molecule has 1 amide bonds. The molecule has 0 radical (unpaired) electrons. The Kier molecular flexibility index (Phi) is 8.14. The fraction of sp³-hybridized carbons (Fsp3) is 0.480. The summed E-state index contributed by atoms with van der Waals surface area (Å²) in [5.41, 5.74) is 0.889. The molecule has 3 rings (SSSR count). The third kappa shape index (κ3) is 7.37. The molecule has 1 aromatic heterocycles. The smallest absolute Gasteiger partial charge is 0.407 e. The number of carbonyl (C=O) groups is 2. The first-order chi connectivity index (χ1) is 15.7. The monoisotopic (exact) mass is 454 g/mol. The zero-order chi connectivity index (χ0) is 23.8. The van der Waals surface area contributed by atoms with Crippen molar-refractivity contribution in [3.63, 3.8) is 0 Å². The van der Waals surface area contributed by atoms with Crippen molar-refractivity contribution in [2.75, 3.05) is 17.7 Å². The van der Waals surface area contributed by atoms with E-state index < -0.39 is 17.7 Å². The predicted molar refractivity (Wildman–Crippen MR) is 128 cm³/mol. The summed E-state index contributed by atoms with van der Waals surface area (Å²) in [5, 5.41) is 9.70. The van der Waals surface area contributed by atoms with Crippen LogP contribution in [-0.2, 0) is 16.0 Å². The summed E-state index contributed by atoms with van der Waals surface area (Å²) in [7, 11) is 1.35. The second-order valence-electron chi connectivity index (χ2n) is 9.21. The second-order valence-corrected chi connectivity index (χ2v) is 9.21. The molecule has 1 unspecified atom stereocenters. The van der Waals surface area contributed by atoms with Gasteiger partial charge in [-0.2, -0.15) is 0 Å². The Morgan fingerprint density at radius 2 is 1.73 bits per heavy atom. The number of benzene rings is 1. The number of anilines is 2. The summed E-state index contributed by atoms with van der Waals surface area (Å²) in [4.78, 5) is 29.2. The molecule has 1 aliphatic rings. The minimum Gasteiger partial charge on any atom is -0.465 e. The van der Waals surface area contributed by atoms with Gasteiger partial charge in [-0.25, -0.2) is 14.6 Å². The number of hydrogen-bond donors (Lipinski definition) is 3. The van der Waals surface area contributed by atoms with Gasteiger partial charge in [-0.05, 0) is 51.3 Å². The molecule has 0 bridgehead atoms. The highest BCUT2D eigenvalue weighted by Gasteiger charge is 2.29. The van der Waals surface area contributed by atoms with Crippen LogP contribution in [0.3, 0.4) is 0 Å². The van der Waals surface area contributed by atoms with Gasteiger partial charge in [0, 0.05) is 12.6 Å². The van der Waals surface area contributed by atoms with E-state index in [4.69, 9.17) is 9.47 Å². The standard InChI is InChI=1S/C25H34N4O4/c1-25(2,3)33-24(31)28-20-13-9-8-12-19(20)27-21-15-14-18(23(30)32-4)22(29-21)26-16-17-10-6-5-7-11-17/h5-7,10-11,14-15,19-20H,8-9,12-13,16H2,1-4H3,(H,28,31)(H2,26,27,29)/t19?,20-/m0/s1. The first-order valence-electron chi connectivity index (χ1n) is 11.4. The van der Waals surface area contributed by atoms with E-state index >= 15 is 0 Å². The average Bonchev–Trinajstić information content (AvgIpc) is 2.78. The Balaban J connectivity index is 1.74. The highest BCUT2D eigenvalue weighted by molar-refractivity contribution is 5.94. The summed E-state index contributed by atoms with van der Waals surface area (Å²) >= 11 is 0. The van der Waals surface area contributed by atoms with Crippen molar-refractivity contribution in [1.82, 2.24) is 10.3 Å². The molecule has 0 aliphatic heterocycles. The van der Waals surface area contributed by atoms with E-state index in [1.807, 2.05) is 51.1 Å². The number of esters is 1. The first-order valence-corrected chi connectivity index (χ1v) is 11.4. The quantitative estimate of drug-likeness (QED) is 0.520. The number of alkyl carbamates (subject to hydrolysis) is 1. The Bertz CT molecular complexity index is 943. The van der Waals surface area contributed by atoms with Crippen LogP contribution in [0.2, 0.25) is 0 Å². The third-order valence-electron chi connectivity index (χ3n) is 5.40. The molecule has 2 atom stereocenters. The highest BCUT2D eigenvalue weighted by Crippen LogP contribution is 2.24. The van der Waals surface area contributed by atoms with Gasteiger partial charge in [0.2, 0.25) is 0 Å². The van der Waals surface area contributed by atoms with Crippen LogP contribution < -0.4 is 16.0 Å². The minimum atomic E-state index is -0.549. The number of methoxy groups -OCH3 is 1. The number of nitrogens with one attached hydrogen (secondary N) is 3. The number of aromatic nitrogens is 1. The van der Waals surface area contributed by atoms with Crippen LogP contribution in [0.1, 0.15) is 62.4 Å². The number of ether oxygens (including phenoxy) is 2. The average molecular weight is 455 g/mol. The van der Waals surface area contributed by atoms with Crippen molar-refractivity contribution in [3.8, 4) is 0 Å². The lowest BCUT2D eigenvalue weighted by atomic mass is 9.90. The largest absolute Gasteiger partial charge is 0.465 e. The number of carbonyl (C=O) groups excluding carboxylic acids is 2. The normalized spacial score (nSPS) is 18.2. The molecule has 33 heavy (non-hydrogen) atoms. The lowest BCUT2D eigenvalue weighted by Crippen LogP contribution is -2.49. The van der Waals surface area contributed by atoms with Crippen LogP contribution >= 0.6 is 0 Å². The lowest BCUT2D eigenvalue weighted by molar-refractivity contribution is 0.0487. The number of hydrogen-bond acceptors (Lipinski definition) is 7. The summed E-state index contributed by atoms with van der Waals surface area (Å²) < 4.78 is 10.4. The van der Waals surface area contributed by atoms with E-state index in [9.17, 15) is 9.59 Å². The van der Waals surface area contributed by atoms with Crippen molar-refractivity contribution in [1.29, 1.82) is 0 Å². The zero-order valence-corrected chi connectivity index (χ0v) is 19.8. The van der Waals surface area contributed by atoms with E-state index in [1.54, 1.807) is 12.1 Å². The maximum absolute atomic E-state index is 12.3. The van der Waals surface area contributed by atoms with Crippen molar-refractivity contribution in [2.45, 2.75) is 70.7 Å². The summed E-state index contributed by atoms with van der Waals surface area (Å²) in [6, 6.07) is 13.3. The van der Waals surface area contributed by atoms with Gasteiger partial charge in [-0.3, -0.25) is 0 Å². The van der Waals surface area contributed by atoms with E-state index in [2.05, 4.69) is 20.9 Å². The molecule has 1 saturated carbocycles. The number of rotatable bonds is 7. The van der Waals surface area contributed by atoms with Crippen molar-refractivity contribution >= 4 is 23.7 Å². The molecule has 0 saturated heterocycles. The molecule has 0 spiro atoms. The Morgan fingerprint density at radius 1 is 1.03 bits per heavy atom. The van der Waals surface area contributed by atoms with Gasteiger partial charge >= 0.3 is 12.1 Å². The van der Waals surface area contributed by atoms with Crippen molar-refractivity contribution < 1.29 is 19.1 Å². The van der Waals surface area contributed by atoms with Crippen LogP contribution in [-0.4, -0.2) is 41.8 Å². The molecular formula is C25H34N4O4. The SMILES string of the molecule is COC(=O)c1ccc(NC2CCCC[C@@H]2NC(=O)OC(C)(C)C)nc1NCc1ccccc1. The number of amides is 1. The van der Waals surface area contributed by atoms with E-state index in [-0.39, 0.29) is 12.1 Å². The van der Waals surface area contributed by atoms with Crippen molar-refractivity contribution in [2.24, 2.45) is 0 Å². The van der Waals surface area contributed by atoms with E-state index in [0.717, 1.165) is 31.2 Å². The molecule has 1 heterocycles. The Hall–Kier alpha value is -3.29. The third-order valence-corrected chi connectivity index (χ3v) is 5.40. The molecular weight excluding hydrogens is 420 g/mol. The van der Waals surface area contributed by atoms with Gasteiger partial charge < -0.3 is 25.4 Å². The summed E-state index contributed by atoms with van der Waals surface area (Å²) in [5.74, 6) is 0.621. The predicted octanol–water partition coefficient (Wildman–Crippen LogP) is 4.73. The molecule has 2 aromatic rings. The van der Waals surface area contributed by atoms with Crippen LogP contribution in [0.5, 0.6) is 0 Å². The van der Waals surface area contributed by atoms with Gasteiger partial charge in [0.25, 0.3) is 0 Å². The summed E-state index contributed by atoms with van der Waals surface area (Å²) in [6.07, 6.45) is 3.44. The van der Waals surface area contributed by atoms with E-state index in [0.29, 0.717) is 23.7 Å². The van der Waals surface area contributed by atoms with Gasteiger partial charge in [0.15, 0.2) is 0 Å². The van der Waals surface area contributed by atoms with Gasteiger partial charge in [-0.1, -0.05) is 43.2 Å². The zero-order valence-electron chi connectivity index (χ0n) is 19.8. The first kappa shape index (κ1) is 24.4. The van der Waals surface area contributed by atoms with Gasteiger partial charge in [0.05, 0.1) is 13.2 Å². The fourth-order valence-electron chi connectivity index (χ4n) is 3.86. The molecule has 3 N–H and O–H groups in total. The minimum absolute atomic E-state index is 0.00437. The van der Waals surface area contributed by atoms with Crippen LogP contribution in [0.15, 0.2) is 42.5 Å². The molecule has 1 aromatic carbocycles. The Labute approximate surface area is 195 Å². The maximum atomic E-state index is 12.3. The topological polar surface area (TPSA) is 102 Å². The molecule has 1 fully saturated rings. The molecule has 8 heteroatoms. The molecule has 178 valence electrons.